The van der Waals surface area contributed by atoms with Crippen LogP contribution in [0.2, 0.25) is 0 Å². The molecule has 0 aliphatic carbocycles. The first-order valence-electron chi connectivity index (χ1n) is 6.09. The fraction of sp³-hybridized carbons (Fsp3) is 0.286. The molecule has 4 nitrogen and oxygen atoms in total. The normalized spacial score (nSPS) is 11.9. The largest absolute Gasteiger partial charge is 0.512 e. The third-order valence-corrected chi connectivity index (χ3v) is 2.72. The van der Waals surface area contributed by atoms with E-state index >= 15 is 0 Å². The predicted octanol–water partition coefficient (Wildman–Crippen LogP) is 3.01. The molecule has 2 rings (SSSR count). The van der Waals surface area contributed by atoms with Gasteiger partial charge < -0.3 is 10.1 Å². The molecule has 0 saturated carbocycles. The number of rotatable bonds is 4. The van der Waals surface area contributed by atoms with Gasteiger partial charge >= 0.3 is 0 Å². The first-order chi connectivity index (χ1) is 8.70. The molecule has 18 heavy (non-hydrogen) atoms. The highest BCUT2D eigenvalue weighted by Gasteiger charge is 2.03. The second kappa shape index (κ2) is 5.49. The molecule has 1 heterocycles. The van der Waals surface area contributed by atoms with Crippen LogP contribution in [0.1, 0.15) is 31.9 Å². The van der Waals surface area contributed by atoms with E-state index < -0.39 is 0 Å². The van der Waals surface area contributed by atoms with Crippen LogP contribution < -0.4 is 5.56 Å². The van der Waals surface area contributed by atoms with Crippen molar-refractivity contribution < 1.29 is 5.11 Å². The van der Waals surface area contributed by atoms with Crippen molar-refractivity contribution >= 4 is 17.1 Å². The fourth-order valence-corrected chi connectivity index (χ4v) is 1.73. The Labute approximate surface area is 105 Å². The summed E-state index contributed by atoms with van der Waals surface area (Å²) in [6.45, 7) is 2.05. The van der Waals surface area contributed by atoms with Gasteiger partial charge in [0.15, 0.2) is 0 Å². The number of hydrogen-bond acceptors (Lipinski definition) is 3. The zero-order valence-electron chi connectivity index (χ0n) is 10.3. The van der Waals surface area contributed by atoms with Crippen molar-refractivity contribution in [2.45, 2.75) is 26.2 Å². The van der Waals surface area contributed by atoms with Crippen LogP contribution >= 0.6 is 0 Å². The molecule has 0 unspecified atom stereocenters. The molecule has 1 aromatic heterocycles. The number of H-pyrrole nitrogens is 1. The number of allylic oxidation sites excluding steroid dienone is 1. The number of benzene rings is 1. The van der Waals surface area contributed by atoms with E-state index in [2.05, 4.69) is 9.97 Å². The van der Waals surface area contributed by atoms with Gasteiger partial charge in [-0.1, -0.05) is 25.5 Å². The predicted molar refractivity (Wildman–Crippen MR) is 72.5 cm³/mol. The molecule has 0 fully saturated rings. The van der Waals surface area contributed by atoms with E-state index in [4.69, 9.17) is 0 Å². The van der Waals surface area contributed by atoms with Crippen molar-refractivity contribution in [2.24, 2.45) is 0 Å². The quantitative estimate of drug-likeness (QED) is 0.812. The van der Waals surface area contributed by atoms with E-state index in [1.54, 1.807) is 6.07 Å². The van der Waals surface area contributed by atoms with E-state index in [0.717, 1.165) is 12.8 Å². The van der Waals surface area contributed by atoms with Crippen LogP contribution in [0.3, 0.4) is 0 Å². The van der Waals surface area contributed by atoms with Gasteiger partial charge in [-0.3, -0.25) is 4.79 Å². The Kier molecular flexibility index (Phi) is 3.77. The summed E-state index contributed by atoms with van der Waals surface area (Å²) in [7, 11) is 0. The molecule has 0 atom stereocenters. The van der Waals surface area contributed by atoms with Crippen molar-refractivity contribution in [3.05, 3.63) is 46.1 Å². The van der Waals surface area contributed by atoms with Crippen LogP contribution in [-0.2, 0) is 0 Å². The summed E-state index contributed by atoms with van der Waals surface area (Å²) in [5.41, 5.74) is 1.39. The van der Waals surface area contributed by atoms with Gasteiger partial charge in [0.1, 0.15) is 5.69 Å². The lowest BCUT2D eigenvalue weighted by Gasteiger charge is -2.00. The number of nitrogens with zero attached hydrogens (tertiary/aromatic N) is 1. The number of para-hydroxylation sites is 2. The number of aromatic amines is 1. The van der Waals surface area contributed by atoms with Crippen molar-refractivity contribution in [2.75, 3.05) is 0 Å². The Balaban J connectivity index is 2.39. The SMILES string of the molecule is CCCCC(O)=Cc1nc2ccccc2[nH]c1=O. The molecule has 0 aliphatic heterocycles. The molecule has 0 radical (unpaired) electrons. The maximum Gasteiger partial charge on any atom is 0.274 e. The summed E-state index contributed by atoms with van der Waals surface area (Å²) in [6.07, 6.45) is 3.92. The summed E-state index contributed by atoms with van der Waals surface area (Å²) in [6, 6.07) is 7.33. The molecule has 0 saturated heterocycles. The molecule has 1 aromatic carbocycles. The van der Waals surface area contributed by atoms with Crippen molar-refractivity contribution in [3.63, 3.8) is 0 Å². The minimum atomic E-state index is -0.281. The monoisotopic (exact) mass is 244 g/mol. The van der Waals surface area contributed by atoms with E-state index in [0.29, 0.717) is 17.5 Å². The lowest BCUT2D eigenvalue weighted by molar-refractivity contribution is 0.388. The number of aromatic nitrogens is 2. The smallest absolute Gasteiger partial charge is 0.274 e. The number of aliphatic hydroxyl groups excluding tert-OH is 1. The summed E-state index contributed by atoms with van der Waals surface area (Å²) in [5, 5.41) is 9.70. The van der Waals surface area contributed by atoms with E-state index in [1.807, 2.05) is 25.1 Å². The third kappa shape index (κ3) is 2.77. The maximum atomic E-state index is 11.8. The third-order valence-electron chi connectivity index (χ3n) is 2.72. The molecule has 2 N–H and O–H groups in total. The van der Waals surface area contributed by atoms with Gasteiger partial charge in [-0.25, -0.2) is 4.98 Å². The Morgan fingerprint density at radius 2 is 2.22 bits per heavy atom. The molecular formula is C14H16N2O2. The van der Waals surface area contributed by atoms with Gasteiger partial charge in [-0.05, 0) is 18.6 Å². The van der Waals surface area contributed by atoms with Gasteiger partial charge in [0, 0.05) is 12.5 Å². The highest BCUT2D eigenvalue weighted by atomic mass is 16.3. The number of fused-ring (bicyclic) bond motifs is 1. The summed E-state index contributed by atoms with van der Waals surface area (Å²) >= 11 is 0. The molecule has 0 aliphatic rings. The van der Waals surface area contributed by atoms with Crippen LogP contribution in [0.25, 0.3) is 17.1 Å². The Hall–Kier alpha value is -2.10. The van der Waals surface area contributed by atoms with Gasteiger partial charge in [0.2, 0.25) is 0 Å². The van der Waals surface area contributed by atoms with Gasteiger partial charge in [0.25, 0.3) is 5.56 Å². The van der Waals surface area contributed by atoms with Crippen molar-refractivity contribution in [1.29, 1.82) is 0 Å². The van der Waals surface area contributed by atoms with Gasteiger partial charge in [0.05, 0.1) is 16.8 Å². The van der Waals surface area contributed by atoms with Gasteiger partial charge in [-0.2, -0.15) is 0 Å². The zero-order valence-corrected chi connectivity index (χ0v) is 10.3. The summed E-state index contributed by atoms with van der Waals surface area (Å²) in [4.78, 5) is 18.8. The lowest BCUT2D eigenvalue weighted by atomic mass is 10.2. The Morgan fingerprint density at radius 1 is 1.44 bits per heavy atom. The zero-order chi connectivity index (χ0) is 13.0. The van der Waals surface area contributed by atoms with Crippen LogP contribution in [0.5, 0.6) is 0 Å². The number of unbranched alkanes of at least 4 members (excludes halogenated alkanes) is 1. The van der Waals surface area contributed by atoms with Crippen LogP contribution in [0.4, 0.5) is 0 Å². The summed E-state index contributed by atoms with van der Waals surface area (Å²) in [5.74, 6) is 0.199. The molecule has 94 valence electrons. The second-order valence-electron chi connectivity index (χ2n) is 4.21. The number of aliphatic hydroxyl groups is 1. The van der Waals surface area contributed by atoms with E-state index in [1.165, 1.54) is 6.08 Å². The molecule has 2 aromatic rings. The first kappa shape index (κ1) is 12.4. The minimum absolute atomic E-state index is 0.199. The maximum absolute atomic E-state index is 11.8. The van der Waals surface area contributed by atoms with Crippen molar-refractivity contribution in [3.8, 4) is 0 Å². The lowest BCUT2D eigenvalue weighted by Crippen LogP contribution is -2.12. The molecule has 0 amide bonds. The summed E-state index contributed by atoms with van der Waals surface area (Å²) < 4.78 is 0. The topological polar surface area (TPSA) is 66.0 Å². The molecule has 0 spiro atoms. The Morgan fingerprint density at radius 3 is 3.00 bits per heavy atom. The molecule has 4 heteroatoms. The average molecular weight is 244 g/mol. The minimum Gasteiger partial charge on any atom is -0.512 e. The highest BCUT2D eigenvalue weighted by Crippen LogP contribution is 2.10. The Bertz CT molecular complexity index is 629. The standard InChI is InChI=1S/C14H16N2O2/c1-2-3-6-10(17)9-13-14(18)16-12-8-5-4-7-11(12)15-13/h4-5,7-9,17H,2-3,6H2,1H3,(H,16,18). The highest BCUT2D eigenvalue weighted by molar-refractivity contribution is 5.74. The van der Waals surface area contributed by atoms with Gasteiger partial charge in [-0.15, -0.1) is 0 Å². The van der Waals surface area contributed by atoms with E-state index in [9.17, 15) is 9.90 Å². The average Bonchev–Trinajstić information content (AvgIpc) is 2.37. The fourth-order valence-electron chi connectivity index (χ4n) is 1.73. The van der Waals surface area contributed by atoms with Crippen LogP contribution in [0, 0.1) is 0 Å². The van der Waals surface area contributed by atoms with Crippen LogP contribution in [-0.4, -0.2) is 15.1 Å². The van der Waals surface area contributed by atoms with Crippen LogP contribution in [0.15, 0.2) is 34.8 Å². The first-order valence-corrected chi connectivity index (χ1v) is 6.09. The van der Waals surface area contributed by atoms with E-state index in [-0.39, 0.29) is 17.0 Å². The number of hydrogen-bond donors (Lipinski definition) is 2. The number of nitrogens with one attached hydrogen (secondary N) is 1. The molecular weight excluding hydrogens is 228 g/mol. The second-order valence-corrected chi connectivity index (χ2v) is 4.21. The molecule has 0 bridgehead atoms. The van der Waals surface area contributed by atoms with Crippen molar-refractivity contribution in [1.82, 2.24) is 9.97 Å².